The third kappa shape index (κ3) is 4.65. The van der Waals surface area contributed by atoms with Crippen molar-refractivity contribution in [2.75, 3.05) is 32.6 Å². The molecule has 2 rings (SSSR count). The van der Waals surface area contributed by atoms with Crippen molar-refractivity contribution in [2.24, 2.45) is 5.92 Å². The maximum Gasteiger partial charge on any atom is 0.214 e. The van der Waals surface area contributed by atoms with Gasteiger partial charge in [0.25, 0.3) is 0 Å². The summed E-state index contributed by atoms with van der Waals surface area (Å²) < 4.78 is 31.4. The highest BCUT2D eigenvalue weighted by molar-refractivity contribution is 7.89. The van der Waals surface area contributed by atoms with Gasteiger partial charge in [0.1, 0.15) is 0 Å². The number of piperidine rings is 1. The Hall–Kier alpha value is -0.690. The summed E-state index contributed by atoms with van der Waals surface area (Å²) in [5.74, 6) is 0.454. The van der Waals surface area contributed by atoms with E-state index in [0.717, 1.165) is 18.5 Å². The fraction of sp³-hybridized carbons (Fsp3) is 0.667. The van der Waals surface area contributed by atoms with Crippen molar-refractivity contribution in [2.45, 2.75) is 25.7 Å². The van der Waals surface area contributed by atoms with E-state index in [-0.39, 0.29) is 11.7 Å². The Labute approximate surface area is 137 Å². The molecule has 0 bridgehead atoms. The first-order chi connectivity index (χ1) is 10.4. The Morgan fingerprint density at radius 1 is 1.41 bits per heavy atom. The third-order valence-corrected chi connectivity index (χ3v) is 6.33. The van der Waals surface area contributed by atoms with Crippen LogP contribution in [0.25, 0.3) is 0 Å². The van der Waals surface area contributed by atoms with E-state index in [1.807, 2.05) is 19.1 Å². The van der Waals surface area contributed by atoms with E-state index < -0.39 is 10.0 Å². The number of nitrogens with zero attached hydrogens (tertiary/aromatic N) is 2. The highest BCUT2D eigenvalue weighted by Gasteiger charge is 2.30. The van der Waals surface area contributed by atoms with Gasteiger partial charge in [0.05, 0.1) is 10.8 Å². The summed E-state index contributed by atoms with van der Waals surface area (Å²) in [6, 6.07) is 3.76. The quantitative estimate of drug-likeness (QED) is 0.794. The zero-order chi connectivity index (χ0) is 16.2. The zero-order valence-corrected chi connectivity index (χ0v) is 14.6. The van der Waals surface area contributed by atoms with Crippen molar-refractivity contribution in [3.63, 3.8) is 0 Å². The smallest absolute Gasteiger partial charge is 0.214 e. The molecule has 2 heterocycles. The average molecular weight is 347 g/mol. The van der Waals surface area contributed by atoms with Crippen LogP contribution in [0.3, 0.4) is 0 Å². The van der Waals surface area contributed by atoms with Gasteiger partial charge in [0.15, 0.2) is 0 Å². The number of rotatable bonds is 6. The van der Waals surface area contributed by atoms with E-state index in [1.165, 1.54) is 0 Å². The number of pyridine rings is 1. The van der Waals surface area contributed by atoms with Gasteiger partial charge in [-0.3, -0.25) is 4.98 Å². The minimum Gasteiger partial charge on any atom is -0.384 e. The highest BCUT2D eigenvalue weighted by Crippen LogP contribution is 2.28. The summed E-state index contributed by atoms with van der Waals surface area (Å²) in [4.78, 5) is 4.35. The molecule has 1 aliphatic heterocycles. The van der Waals surface area contributed by atoms with Crippen LogP contribution >= 0.6 is 11.6 Å². The van der Waals surface area contributed by atoms with E-state index in [1.54, 1.807) is 17.6 Å². The number of hydrogen-bond donors (Lipinski definition) is 0. The van der Waals surface area contributed by atoms with Gasteiger partial charge in [-0.2, -0.15) is 0 Å². The van der Waals surface area contributed by atoms with E-state index in [4.69, 9.17) is 16.3 Å². The number of sulfonamides is 1. The van der Waals surface area contributed by atoms with Gasteiger partial charge in [-0.05, 0) is 30.9 Å². The Kier molecular flexibility index (Phi) is 6.20. The first-order valence-corrected chi connectivity index (χ1v) is 9.49. The molecule has 5 nitrogen and oxygen atoms in total. The van der Waals surface area contributed by atoms with Gasteiger partial charge in [0, 0.05) is 44.6 Å². The van der Waals surface area contributed by atoms with Crippen LogP contribution in [0.4, 0.5) is 0 Å². The molecule has 0 unspecified atom stereocenters. The predicted octanol–water partition coefficient (Wildman–Crippen LogP) is 2.53. The summed E-state index contributed by atoms with van der Waals surface area (Å²) in [5, 5.41) is 0.621. The van der Waals surface area contributed by atoms with E-state index >= 15 is 0 Å². The largest absolute Gasteiger partial charge is 0.384 e. The first kappa shape index (κ1) is 17.7. The number of aromatic nitrogens is 1. The molecular formula is C15H23ClN2O3S. The second kappa shape index (κ2) is 7.73. The van der Waals surface area contributed by atoms with Crippen LogP contribution in [-0.2, 0) is 14.8 Å². The lowest BCUT2D eigenvalue weighted by Crippen LogP contribution is -2.40. The summed E-state index contributed by atoms with van der Waals surface area (Å²) in [6.45, 7) is 3.46. The number of halogens is 1. The normalized spacial score (nSPS) is 19.2. The molecule has 1 aromatic heterocycles. The van der Waals surface area contributed by atoms with E-state index in [2.05, 4.69) is 4.98 Å². The van der Waals surface area contributed by atoms with E-state index in [9.17, 15) is 8.42 Å². The number of hydrogen-bond acceptors (Lipinski definition) is 4. The Morgan fingerprint density at radius 3 is 2.64 bits per heavy atom. The maximum atomic E-state index is 12.4. The summed E-state index contributed by atoms with van der Waals surface area (Å²) in [6.07, 6.45) is 3.24. The standard InChI is InChI=1S/C15H23ClN2O3S/c1-12(10-21-2)11-22(19,20)18-7-5-13(6-8-18)15-4-3-14(16)9-17-15/h3-4,9,12-13H,5-8,10-11H2,1-2H3/t12-/m0/s1. The molecule has 0 amide bonds. The second-order valence-corrected chi connectivity index (χ2v) is 8.36. The minimum atomic E-state index is -3.21. The molecule has 0 aliphatic carbocycles. The summed E-state index contributed by atoms with van der Waals surface area (Å²) >= 11 is 5.85. The van der Waals surface area contributed by atoms with Gasteiger partial charge >= 0.3 is 0 Å². The molecule has 0 aromatic carbocycles. The van der Waals surface area contributed by atoms with Crippen LogP contribution < -0.4 is 0 Å². The van der Waals surface area contributed by atoms with Crippen molar-refractivity contribution in [3.05, 3.63) is 29.0 Å². The second-order valence-electron chi connectivity index (χ2n) is 5.91. The van der Waals surface area contributed by atoms with Crippen LogP contribution in [0.15, 0.2) is 18.3 Å². The van der Waals surface area contributed by atoms with E-state index in [0.29, 0.717) is 30.6 Å². The molecule has 7 heteroatoms. The Morgan fingerprint density at radius 2 is 2.09 bits per heavy atom. The van der Waals surface area contributed by atoms with Crippen molar-refractivity contribution in [1.29, 1.82) is 0 Å². The molecule has 0 radical (unpaired) electrons. The Balaban J connectivity index is 1.92. The SMILES string of the molecule is COC[C@H](C)CS(=O)(=O)N1CCC(c2ccc(Cl)cn2)CC1. The molecule has 1 aliphatic rings. The Bertz CT molecular complexity index is 569. The molecule has 1 aromatic rings. The van der Waals surface area contributed by atoms with Crippen LogP contribution in [0, 0.1) is 5.92 Å². The molecule has 22 heavy (non-hydrogen) atoms. The molecule has 0 saturated carbocycles. The molecular weight excluding hydrogens is 324 g/mol. The van der Waals surface area contributed by atoms with Crippen molar-refractivity contribution >= 4 is 21.6 Å². The molecule has 1 fully saturated rings. The van der Waals surface area contributed by atoms with Crippen molar-refractivity contribution in [3.8, 4) is 0 Å². The lowest BCUT2D eigenvalue weighted by atomic mass is 9.94. The van der Waals surface area contributed by atoms with Gasteiger partial charge in [-0.1, -0.05) is 18.5 Å². The first-order valence-electron chi connectivity index (χ1n) is 7.50. The summed E-state index contributed by atoms with van der Waals surface area (Å²) in [7, 11) is -1.61. The maximum absolute atomic E-state index is 12.4. The van der Waals surface area contributed by atoms with Gasteiger partial charge < -0.3 is 4.74 Å². The minimum absolute atomic E-state index is 0.00524. The average Bonchev–Trinajstić information content (AvgIpc) is 2.48. The van der Waals surface area contributed by atoms with Crippen LogP contribution in [0.5, 0.6) is 0 Å². The predicted molar refractivity (Wildman–Crippen MR) is 87.6 cm³/mol. The number of methoxy groups -OCH3 is 1. The highest BCUT2D eigenvalue weighted by atomic mass is 35.5. The lowest BCUT2D eigenvalue weighted by molar-refractivity contribution is 0.166. The van der Waals surface area contributed by atoms with Crippen LogP contribution in [0.2, 0.25) is 5.02 Å². The van der Waals surface area contributed by atoms with Gasteiger partial charge in [-0.15, -0.1) is 0 Å². The topological polar surface area (TPSA) is 59.5 Å². The number of ether oxygens (including phenoxy) is 1. The van der Waals surface area contributed by atoms with Crippen molar-refractivity contribution in [1.82, 2.24) is 9.29 Å². The molecule has 1 atom stereocenters. The van der Waals surface area contributed by atoms with Crippen molar-refractivity contribution < 1.29 is 13.2 Å². The molecule has 124 valence electrons. The molecule has 0 spiro atoms. The zero-order valence-electron chi connectivity index (χ0n) is 13.0. The van der Waals surface area contributed by atoms with Crippen LogP contribution in [0.1, 0.15) is 31.4 Å². The van der Waals surface area contributed by atoms with Crippen LogP contribution in [-0.4, -0.2) is 50.3 Å². The molecule has 1 saturated heterocycles. The monoisotopic (exact) mass is 346 g/mol. The summed E-state index contributed by atoms with van der Waals surface area (Å²) in [5.41, 5.74) is 0.995. The van der Waals surface area contributed by atoms with Gasteiger partial charge in [-0.25, -0.2) is 12.7 Å². The molecule has 0 N–H and O–H groups in total. The third-order valence-electron chi connectivity index (χ3n) is 3.96. The van der Waals surface area contributed by atoms with Gasteiger partial charge in [0.2, 0.25) is 10.0 Å². The fourth-order valence-electron chi connectivity index (χ4n) is 2.86. The fourth-order valence-corrected chi connectivity index (χ4v) is 4.76. The lowest BCUT2D eigenvalue weighted by Gasteiger charge is -2.31.